The molecule has 0 aliphatic heterocycles. The van der Waals surface area contributed by atoms with Crippen LogP contribution in [-0.4, -0.2) is 22.8 Å². The molecule has 0 bridgehead atoms. The number of aliphatic hydroxyl groups excluding tert-OH is 1. The Morgan fingerprint density at radius 1 is 1.22 bits per heavy atom. The van der Waals surface area contributed by atoms with Crippen molar-refractivity contribution in [2.24, 2.45) is 23.2 Å². The van der Waals surface area contributed by atoms with Crippen molar-refractivity contribution in [1.82, 2.24) is 0 Å². The van der Waals surface area contributed by atoms with Crippen molar-refractivity contribution in [1.29, 1.82) is 0 Å². The van der Waals surface area contributed by atoms with Gasteiger partial charge < -0.3 is 5.11 Å². The molecule has 3 heteroatoms. The summed E-state index contributed by atoms with van der Waals surface area (Å²) in [5, 5.41) is 10.5. The summed E-state index contributed by atoms with van der Waals surface area (Å²) in [4.78, 5) is 25.3. The van der Waals surface area contributed by atoms with Crippen molar-refractivity contribution >= 4 is 11.6 Å². The maximum atomic E-state index is 12.8. The summed E-state index contributed by atoms with van der Waals surface area (Å²) in [6, 6.07) is 0. The topological polar surface area (TPSA) is 54.4 Å². The number of hydrogen-bond acceptors (Lipinski definition) is 3. The molecular weight excluding hydrogens is 288 g/mol. The van der Waals surface area contributed by atoms with E-state index < -0.39 is 6.10 Å². The molecule has 0 radical (unpaired) electrons. The molecule has 0 aromatic heterocycles. The zero-order chi connectivity index (χ0) is 17.1. The molecule has 0 spiro atoms. The van der Waals surface area contributed by atoms with Crippen LogP contribution in [0, 0.1) is 23.2 Å². The van der Waals surface area contributed by atoms with Crippen molar-refractivity contribution < 1.29 is 14.7 Å². The van der Waals surface area contributed by atoms with E-state index in [1.807, 2.05) is 20.8 Å². The summed E-state index contributed by atoms with van der Waals surface area (Å²) in [7, 11) is 0. The van der Waals surface area contributed by atoms with Crippen molar-refractivity contribution in [3.63, 3.8) is 0 Å². The number of carbonyl (C=O) groups is 2. The number of rotatable bonds is 0. The van der Waals surface area contributed by atoms with E-state index in [9.17, 15) is 14.7 Å². The van der Waals surface area contributed by atoms with Gasteiger partial charge in [-0.3, -0.25) is 9.59 Å². The van der Waals surface area contributed by atoms with Crippen LogP contribution in [0.1, 0.15) is 47.5 Å². The Hall–Kier alpha value is -1.48. The maximum absolute atomic E-state index is 12.8. The molecule has 3 nitrogen and oxygen atoms in total. The van der Waals surface area contributed by atoms with E-state index in [4.69, 9.17) is 0 Å². The molecule has 0 heterocycles. The van der Waals surface area contributed by atoms with Gasteiger partial charge >= 0.3 is 0 Å². The summed E-state index contributed by atoms with van der Waals surface area (Å²) in [5.74, 6) is 0.583. The third-order valence-corrected chi connectivity index (χ3v) is 6.12. The Labute approximate surface area is 138 Å². The fourth-order valence-electron chi connectivity index (χ4n) is 4.20. The lowest BCUT2D eigenvalue weighted by Crippen LogP contribution is -2.12. The number of ketones is 2. The predicted octanol–water partition coefficient (Wildman–Crippen LogP) is 3.39. The SMILES string of the molecule is C/C1=C\[C@H]2[C@H](C[C@@H](O)/C(C)=C/C3=C(C[C@@H](C)C3=O)C1=O)C2(C)C. The van der Waals surface area contributed by atoms with Crippen LogP contribution in [0.2, 0.25) is 0 Å². The van der Waals surface area contributed by atoms with Crippen molar-refractivity contribution in [3.05, 3.63) is 34.4 Å². The lowest BCUT2D eigenvalue weighted by atomic mass is 9.96. The second-order valence-electron chi connectivity index (χ2n) is 8.13. The van der Waals surface area contributed by atoms with E-state index in [0.717, 1.165) is 11.1 Å². The second kappa shape index (κ2) is 5.27. The highest BCUT2D eigenvalue weighted by Gasteiger charge is 2.56. The number of hydrogen-bond donors (Lipinski definition) is 1. The molecule has 0 aromatic rings. The minimum absolute atomic E-state index is 0.000380. The predicted molar refractivity (Wildman–Crippen MR) is 89.7 cm³/mol. The monoisotopic (exact) mass is 314 g/mol. The van der Waals surface area contributed by atoms with Gasteiger partial charge in [0.15, 0.2) is 11.6 Å². The summed E-state index contributed by atoms with van der Waals surface area (Å²) in [6.45, 7) is 9.97. The number of allylic oxidation sites excluding steroid dienone is 5. The molecule has 1 saturated carbocycles. The van der Waals surface area contributed by atoms with Gasteiger partial charge in [0, 0.05) is 17.1 Å². The van der Waals surface area contributed by atoms with E-state index >= 15 is 0 Å². The molecule has 0 aromatic carbocycles. The molecule has 3 rings (SSSR count). The number of carbonyl (C=O) groups excluding carboxylic acids is 2. The smallest absolute Gasteiger partial charge is 0.185 e. The van der Waals surface area contributed by atoms with Crippen LogP contribution in [0.3, 0.4) is 0 Å². The van der Waals surface area contributed by atoms with Gasteiger partial charge in [-0.2, -0.15) is 0 Å². The van der Waals surface area contributed by atoms with Gasteiger partial charge in [-0.1, -0.05) is 26.8 Å². The summed E-state index contributed by atoms with van der Waals surface area (Å²) in [6.07, 6.45) is 4.47. The Morgan fingerprint density at radius 2 is 1.87 bits per heavy atom. The fourth-order valence-corrected chi connectivity index (χ4v) is 4.20. The number of fused-ring (bicyclic) bond motifs is 1. The fraction of sp³-hybridized carbons (Fsp3) is 0.600. The van der Waals surface area contributed by atoms with Gasteiger partial charge in [-0.05, 0) is 61.2 Å². The van der Waals surface area contributed by atoms with E-state index in [2.05, 4.69) is 19.9 Å². The van der Waals surface area contributed by atoms with Gasteiger partial charge in [-0.15, -0.1) is 0 Å². The molecule has 124 valence electrons. The summed E-state index contributed by atoms with van der Waals surface area (Å²) >= 11 is 0. The highest BCUT2D eigenvalue weighted by atomic mass is 16.3. The zero-order valence-electron chi connectivity index (χ0n) is 14.6. The Kier molecular flexibility index (Phi) is 3.75. The maximum Gasteiger partial charge on any atom is 0.185 e. The number of Topliss-reactive ketones (excluding diaryl/α,β-unsaturated/α-hetero) is 2. The van der Waals surface area contributed by atoms with Gasteiger partial charge in [-0.25, -0.2) is 0 Å². The first-order valence-corrected chi connectivity index (χ1v) is 8.51. The van der Waals surface area contributed by atoms with E-state index in [1.165, 1.54) is 0 Å². The molecule has 23 heavy (non-hydrogen) atoms. The van der Waals surface area contributed by atoms with Crippen LogP contribution in [0.4, 0.5) is 0 Å². The van der Waals surface area contributed by atoms with Crippen LogP contribution < -0.4 is 0 Å². The first-order chi connectivity index (χ1) is 10.6. The van der Waals surface area contributed by atoms with Crippen LogP contribution in [-0.2, 0) is 9.59 Å². The van der Waals surface area contributed by atoms with E-state index in [1.54, 1.807) is 6.08 Å². The molecule has 3 aliphatic carbocycles. The highest BCUT2D eigenvalue weighted by Crippen LogP contribution is 2.61. The van der Waals surface area contributed by atoms with Crippen molar-refractivity contribution in [2.75, 3.05) is 0 Å². The van der Waals surface area contributed by atoms with E-state index in [-0.39, 0.29) is 22.9 Å². The molecule has 3 aliphatic rings. The molecule has 1 N–H and O–H groups in total. The minimum atomic E-state index is -0.552. The third kappa shape index (κ3) is 2.55. The average Bonchev–Trinajstić information content (AvgIpc) is 2.85. The molecule has 4 atom stereocenters. The van der Waals surface area contributed by atoms with E-state index in [0.29, 0.717) is 35.8 Å². The van der Waals surface area contributed by atoms with Crippen LogP contribution in [0.15, 0.2) is 34.4 Å². The highest BCUT2D eigenvalue weighted by molar-refractivity contribution is 6.17. The molecule has 1 fully saturated rings. The first-order valence-electron chi connectivity index (χ1n) is 8.51. The molecular formula is C20H26O3. The van der Waals surface area contributed by atoms with Crippen LogP contribution in [0.25, 0.3) is 0 Å². The normalized spacial score (nSPS) is 41.3. The largest absolute Gasteiger partial charge is 0.389 e. The lowest BCUT2D eigenvalue weighted by Gasteiger charge is -2.13. The molecule has 0 unspecified atom stereocenters. The summed E-state index contributed by atoms with van der Waals surface area (Å²) < 4.78 is 0. The average molecular weight is 314 g/mol. The standard InChI is InChI=1S/C20H26O3/c1-10-6-13-14(7-11(2)18(13)22)19(23)12(3)8-15-16(9-17(10)21)20(15,4)5/h6,8,11,15-17,21H,7,9H2,1-5H3/b10-6+,12-8+/t11-,15+,16+,17-/m1/s1. The third-order valence-electron chi connectivity index (χ3n) is 6.12. The Morgan fingerprint density at radius 3 is 2.52 bits per heavy atom. The minimum Gasteiger partial charge on any atom is -0.389 e. The van der Waals surface area contributed by atoms with Gasteiger partial charge in [0.1, 0.15) is 0 Å². The van der Waals surface area contributed by atoms with Crippen LogP contribution >= 0.6 is 0 Å². The first kappa shape index (κ1) is 16.4. The van der Waals surface area contributed by atoms with Gasteiger partial charge in [0.25, 0.3) is 0 Å². The lowest BCUT2D eigenvalue weighted by molar-refractivity contribution is -0.117. The molecule has 0 saturated heterocycles. The number of aliphatic hydroxyl groups is 1. The Balaban J connectivity index is 2.10. The quantitative estimate of drug-likeness (QED) is 0.745. The summed E-state index contributed by atoms with van der Waals surface area (Å²) in [5.41, 5.74) is 2.79. The molecule has 0 amide bonds. The van der Waals surface area contributed by atoms with Gasteiger partial charge in [0.05, 0.1) is 6.10 Å². The second-order valence-corrected chi connectivity index (χ2v) is 8.13. The zero-order valence-corrected chi connectivity index (χ0v) is 14.6. The van der Waals surface area contributed by atoms with Crippen molar-refractivity contribution in [2.45, 2.75) is 53.6 Å². The van der Waals surface area contributed by atoms with Crippen LogP contribution in [0.5, 0.6) is 0 Å². The Bertz CT molecular complexity index is 675. The van der Waals surface area contributed by atoms with Crippen molar-refractivity contribution in [3.8, 4) is 0 Å². The van der Waals surface area contributed by atoms with Gasteiger partial charge in [0.2, 0.25) is 0 Å².